The molecule has 1 aromatic carbocycles. The zero-order valence-electron chi connectivity index (χ0n) is 11.1. The highest BCUT2D eigenvalue weighted by Crippen LogP contribution is 2.35. The van der Waals surface area contributed by atoms with Crippen molar-refractivity contribution < 1.29 is 9.59 Å². The van der Waals surface area contributed by atoms with Crippen LogP contribution in [0.1, 0.15) is 31.3 Å². The first-order valence-electron chi connectivity index (χ1n) is 6.54. The molecule has 2 aromatic heterocycles. The normalized spacial score (nSPS) is 12.9. The summed E-state index contributed by atoms with van der Waals surface area (Å²) in [4.78, 5) is 39.5. The quantitative estimate of drug-likeness (QED) is 0.585. The number of aromatic amines is 1. The fraction of sp³-hybridized carbons (Fsp3) is 0. The molecule has 0 amide bonds. The Morgan fingerprint density at radius 1 is 0.909 bits per heavy atom. The van der Waals surface area contributed by atoms with Crippen molar-refractivity contribution in [2.45, 2.75) is 0 Å². The van der Waals surface area contributed by atoms with Crippen molar-refractivity contribution >= 4 is 23.1 Å². The summed E-state index contributed by atoms with van der Waals surface area (Å²) >= 11 is 1.01. The van der Waals surface area contributed by atoms with Gasteiger partial charge in [-0.3, -0.25) is 14.4 Å². The van der Waals surface area contributed by atoms with E-state index < -0.39 is 5.56 Å². The third-order valence-electron chi connectivity index (χ3n) is 3.56. The van der Waals surface area contributed by atoms with Gasteiger partial charge in [-0.2, -0.15) is 4.37 Å². The minimum atomic E-state index is -0.409. The first-order valence-corrected chi connectivity index (χ1v) is 7.32. The maximum atomic E-state index is 12.7. The average molecular weight is 308 g/mol. The third kappa shape index (κ3) is 1.71. The van der Waals surface area contributed by atoms with Crippen LogP contribution in [0, 0.1) is 0 Å². The SMILES string of the molecule is O=C1c2ccc(=O)[nH]c2C(=O)c2c(-c3ccccc3)nsc21. The highest BCUT2D eigenvalue weighted by molar-refractivity contribution is 7.09. The molecule has 0 unspecified atom stereocenters. The summed E-state index contributed by atoms with van der Waals surface area (Å²) in [6.45, 7) is 0. The van der Waals surface area contributed by atoms with Crippen LogP contribution in [0.5, 0.6) is 0 Å². The summed E-state index contributed by atoms with van der Waals surface area (Å²) in [5.41, 5.74) is 1.38. The van der Waals surface area contributed by atoms with Crippen molar-refractivity contribution in [3.63, 3.8) is 0 Å². The zero-order valence-corrected chi connectivity index (χ0v) is 11.9. The fourth-order valence-electron chi connectivity index (χ4n) is 2.54. The van der Waals surface area contributed by atoms with Crippen molar-refractivity contribution in [3.05, 3.63) is 74.5 Å². The molecular formula is C16H8N2O3S. The summed E-state index contributed by atoms with van der Waals surface area (Å²) in [5, 5.41) is 0. The topological polar surface area (TPSA) is 79.9 Å². The molecular weight excluding hydrogens is 300 g/mol. The minimum absolute atomic E-state index is 0.0439. The number of aromatic nitrogens is 2. The number of benzene rings is 1. The highest BCUT2D eigenvalue weighted by Gasteiger charge is 2.35. The molecule has 1 N–H and O–H groups in total. The summed E-state index contributed by atoms with van der Waals surface area (Å²) in [7, 11) is 0. The molecule has 22 heavy (non-hydrogen) atoms. The molecule has 0 saturated carbocycles. The Morgan fingerprint density at radius 2 is 1.68 bits per heavy atom. The predicted octanol–water partition coefficient (Wildman–Crippen LogP) is 2.27. The molecule has 1 aliphatic rings. The average Bonchev–Trinajstić information content (AvgIpc) is 2.99. The lowest BCUT2D eigenvalue weighted by atomic mass is 9.90. The maximum Gasteiger partial charge on any atom is 0.248 e. The monoisotopic (exact) mass is 308 g/mol. The Morgan fingerprint density at radius 3 is 2.45 bits per heavy atom. The van der Waals surface area contributed by atoms with Crippen LogP contribution in [0.3, 0.4) is 0 Å². The van der Waals surface area contributed by atoms with Gasteiger partial charge in [0.25, 0.3) is 0 Å². The van der Waals surface area contributed by atoms with E-state index >= 15 is 0 Å². The van der Waals surface area contributed by atoms with Crippen molar-refractivity contribution in [1.82, 2.24) is 9.36 Å². The summed E-state index contributed by atoms with van der Waals surface area (Å²) < 4.78 is 4.28. The molecule has 0 bridgehead atoms. The Hall–Kier alpha value is -2.86. The number of pyridine rings is 1. The van der Waals surface area contributed by atoms with E-state index in [0.29, 0.717) is 10.6 Å². The van der Waals surface area contributed by atoms with Gasteiger partial charge in [-0.05, 0) is 17.6 Å². The Labute approximate surface area is 128 Å². The van der Waals surface area contributed by atoms with Crippen molar-refractivity contribution in [3.8, 4) is 11.3 Å². The summed E-state index contributed by atoms with van der Waals surface area (Å²) in [6.07, 6.45) is 0. The molecule has 0 atom stereocenters. The maximum absolute atomic E-state index is 12.7. The number of ketones is 2. The fourth-order valence-corrected chi connectivity index (χ4v) is 3.39. The van der Waals surface area contributed by atoms with Crippen LogP contribution in [0.25, 0.3) is 11.3 Å². The largest absolute Gasteiger partial charge is 0.319 e. The molecule has 3 aromatic rings. The standard InChI is InChI=1S/C16H8N2O3S/c19-10-7-6-9-13(17-10)15(21)11-12(8-4-2-1-3-5-8)18-22-16(11)14(9)20/h1-7H,(H,17,19). The van der Waals surface area contributed by atoms with E-state index in [2.05, 4.69) is 9.36 Å². The Bertz CT molecular complexity index is 986. The van der Waals surface area contributed by atoms with Gasteiger partial charge < -0.3 is 4.98 Å². The molecule has 0 spiro atoms. The first-order chi connectivity index (χ1) is 10.7. The van der Waals surface area contributed by atoms with Gasteiger partial charge in [0.05, 0.1) is 16.8 Å². The number of nitrogens with one attached hydrogen (secondary N) is 1. The van der Waals surface area contributed by atoms with Crippen LogP contribution in [0.4, 0.5) is 0 Å². The summed E-state index contributed by atoms with van der Waals surface area (Å²) in [5.74, 6) is -0.643. The van der Waals surface area contributed by atoms with E-state index in [9.17, 15) is 14.4 Å². The molecule has 6 heteroatoms. The Kier molecular flexibility index (Phi) is 2.67. The highest BCUT2D eigenvalue weighted by atomic mass is 32.1. The van der Waals surface area contributed by atoms with E-state index in [1.807, 2.05) is 30.3 Å². The van der Waals surface area contributed by atoms with E-state index in [1.165, 1.54) is 12.1 Å². The number of carbonyl (C=O) groups excluding carboxylic acids is 2. The van der Waals surface area contributed by atoms with Gasteiger partial charge in [-0.1, -0.05) is 30.3 Å². The number of rotatable bonds is 1. The molecule has 2 heterocycles. The van der Waals surface area contributed by atoms with Crippen LogP contribution < -0.4 is 5.56 Å². The number of hydrogen-bond acceptors (Lipinski definition) is 5. The van der Waals surface area contributed by atoms with Gasteiger partial charge in [-0.25, -0.2) is 0 Å². The second-order valence-corrected chi connectivity index (χ2v) is 5.64. The predicted molar refractivity (Wildman–Crippen MR) is 81.5 cm³/mol. The summed E-state index contributed by atoms with van der Waals surface area (Å²) in [6, 6.07) is 11.8. The van der Waals surface area contributed by atoms with Crippen LogP contribution in [0.2, 0.25) is 0 Å². The van der Waals surface area contributed by atoms with Gasteiger partial charge in [0.1, 0.15) is 10.6 Å². The number of hydrogen-bond donors (Lipinski definition) is 1. The molecule has 0 radical (unpaired) electrons. The van der Waals surface area contributed by atoms with E-state index in [4.69, 9.17) is 0 Å². The number of fused-ring (bicyclic) bond motifs is 2. The van der Waals surface area contributed by atoms with Crippen molar-refractivity contribution in [1.29, 1.82) is 0 Å². The van der Waals surface area contributed by atoms with Gasteiger partial charge in [0, 0.05) is 11.6 Å². The minimum Gasteiger partial charge on any atom is -0.319 e. The number of carbonyl (C=O) groups is 2. The van der Waals surface area contributed by atoms with E-state index in [0.717, 1.165) is 17.1 Å². The molecule has 0 fully saturated rings. The molecule has 106 valence electrons. The lowest BCUT2D eigenvalue weighted by Gasteiger charge is -2.13. The third-order valence-corrected chi connectivity index (χ3v) is 4.41. The van der Waals surface area contributed by atoms with E-state index in [-0.39, 0.29) is 28.4 Å². The Balaban J connectivity index is 1.99. The number of H-pyrrole nitrogens is 1. The van der Waals surface area contributed by atoms with Crippen molar-refractivity contribution in [2.75, 3.05) is 0 Å². The molecule has 1 aliphatic carbocycles. The van der Waals surface area contributed by atoms with Crippen LogP contribution in [0.15, 0.2) is 47.3 Å². The lowest BCUT2D eigenvalue weighted by molar-refractivity contribution is 0.0979. The van der Waals surface area contributed by atoms with Crippen LogP contribution in [-0.2, 0) is 0 Å². The second kappa shape index (κ2) is 4.57. The first kappa shape index (κ1) is 12.8. The van der Waals surface area contributed by atoms with E-state index in [1.54, 1.807) is 0 Å². The molecule has 5 nitrogen and oxygen atoms in total. The number of nitrogens with zero attached hydrogens (tertiary/aromatic N) is 1. The molecule has 0 aliphatic heterocycles. The molecule has 0 saturated heterocycles. The second-order valence-electron chi connectivity index (χ2n) is 4.87. The van der Waals surface area contributed by atoms with Gasteiger partial charge in [-0.15, -0.1) is 0 Å². The smallest absolute Gasteiger partial charge is 0.248 e. The zero-order chi connectivity index (χ0) is 15.3. The van der Waals surface area contributed by atoms with Crippen LogP contribution in [-0.4, -0.2) is 20.9 Å². The van der Waals surface area contributed by atoms with Gasteiger partial charge in [0.15, 0.2) is 0 Å². The van der Waals surface area contributed by atoms with Gasteiger partial charge >= 0.3 is 0 Å². The lowest BCUT2D eigenvalue weighted by Crippen LogP contribution is -2.24. The van der Waals surface area contributed by atoms with Crippen LogP contribution >= 0.6 is 11.5 Å². The van der Waals surface area contributed by atoms with Crippen molar-refractivity contribution in [2.24, 2.45) is 0 Å². The van der Waals surface area contributed by atoms with Gasteiger partial charge in [0.2, 0.25) is 17.1 Å². The molecule has 4 rings (SSSR count).